The summed E-state index contributed by atoms with van der Waals surface area (Å²) in [5.41, 5.74) is 1.75. The molecule has 2 heterocycles. The average molecular weight is 221 g/mol. The molecule has 1 unspecified atom stereocenters. The Balaban J connectivity index is 2.34. The van der Waals surface area contributed by atoms with Gasteiger partial charge in [-0.05, 0) is 12.1 Å². The third kappa shape index (κ3) is 1.33. The molecule has 80 valence electrons. The first-order chi connectivity index (χ1) is 8.31. The summed E-state index contributed by atoms with van der Waals surface area (Å²) in [6.45, 7) is 0. The standard InChI is InChI=1S/C13H7N3O/c14-6-9-7-16-12-10(13(9)17)4-3-8-2-1-5-15-11(8)12/h1-5,7,9H. The van der Waals surface area contributed by atoms with E-state index in [9.17, 15) is 4.79 Å². The van der Waals surface area contributed by atoms with Crippen LogP contribution in [-0.2, 0) is 0 Å². The van der Waals surface area contributed by atoms with E-state index in [1.54, 1.807) is 12.3 Å². The smallest absolute Gasteiger partial charge is 0.187 e. The van der Waals surface area contributed by atoms with Crippen LogP contribution in [0.3, 0.4) is 0 Å². The van der Waals surface area contributed by atoms with Crippen molar-refractivity contribution < 1.29 is 4.79 Å². The summed E-state index contributed by atoms with van der Waals surface area (Å²) in [5, 5.41) is 9.76. The number of aromatic nitrogens is 1. The van der Waals surface area contributed by atoms with E-state index in [0.29, 0.717) is 16.8 Å². The summed E-state index contributed by atoms with van der Waals surface area (Å²) in [6, 6.07) is 9.21. The number of nitrogens with zero attached hydrogens (tertiary/aromatic N) is 3. The molecule has 0 fully saturated rings. The van der Waals surface area contributed by atoms with Gasteiger partial charge in [0, 0.05) is 23.4 Å². The van der Waals surface area contributed by atoms with Crippen LogP contribution in [0.2, 0.25) is 0 Å². The highest BCUT2D eigenvalue weighted by atomic mass is 16.1. The Hall–Kier alpha value is -2.54. The van der Waals surface area contributed by atoms with Gasteiger partial charge in [0.1, 0.15) is 5.92 Å². The van der Waals surface area contributed by atoms with Crippen molar-refractivity contribution in [3.8, 4) is 6.07 Å². The summed E-state index contributed by atoms with van der Waals surface area (Å²) in [4.78, 5) is 20.4. The first-order valence-corrected chi connectivity index (χ1v) is 5.17. The minimum Gasteiger partial charge on any atom is -0.292 e. The second kappa shape index (κ2) is 3.49. The number of carbonyl (C=O) groups excluding carboxylic acids is 1. The summed E-state index contributed by atoms with van der Waals surface area (Å²) in [7, 11) is 0. The van der Waals surface area contributed by atoms with Crippen molar-refractivity contribution in [1.82, 2.24) is 4.98 Å². The number of hydrogen-bond donors (Lipinski definition) is 0. The number of nitriles is 1. The molecule has 3 rings (SSSR count). The Bertz CT molecular complexity index is 697. The Morgan fingerprint density at radius 3 is 3.00 bits per heavy atom. The largest absolute Gasteiger partial charge is 0.292 e. The van der Waals surface area contributed by atoms with E-state index in [4.69, 9.17) is 5.26 Å². The monoisotopic (exact) mass is 221 g/mol. The molecule has 1 aromatic carbocycles. The van der Waals surface area contributed by atoms with Gasteiger partial charge in [0.2, 0.25) is 0 Å². The highest BCUT2D eigenvalue weighted by molar-refractivity contribution is 6.17. The SMILES string of the molecule is N#CC1C=Nc2c(ccc3cccnc23)C1=O. The Kier molecular flexibility index (Phi) is 1.99. The van der Waals surface area contributed by atoms with Crippen LogP contribution in [-0.4, -0.2) is 17.0 Å². The summed E-state index contributed by atoms with van der Waals surface area (Å²) in [5.74, 6) is -0.978. The van der Waals surface area contributed by atoms with Crippen molar-refractivity contribution in [2.24, 2.45) is 10.9 Å². The van der Waals surface area contributed by atoms with Crippen molar-refractivity contribution in [2.75, 3.05) is 0 Å². The molecule has 0 N–H and O–H groups in total. The van der Waals surface area contributed by atoms with Crippen molar-refractivity contribution in [3.63, 3.8) is 0 Å². The summed E-state index contributed by atoms with van der Waals surface area (Å²) < 4.78 is 0. The van der Waals surface area contributed by atoms with Gasteiger partial charge in [0.05, 0.1) is 17.3 Å². The molecule has 17 heavy (non-hydrogen) atoms. The molecule has 0 aliphatic carbocycles. The number of Topliss-reactive ketones (excluding diaryl/α,β-unsaturated/α-hetero) is 1. The lowest BCUT2D eigenvalue weighted by molar-refractivity contribution is 0.0976. The first-order valence-electron chi connectivity index (χ1n) is 5.17. The summed E-state index contributed by atoms with van der Waals surface area (Å²) >= 11 is 0. The van der Waals surface area contributed by atoms with Crippen LogP contribution >= 0.6 is 0 Å². The topological polar surface area (TPSA) is 66.1 Å². The van der Waals surface area contributed by atoms with E-state index >= 15 is 0 Å². The fourth-order valence-corrected chi connectivity index (χ4v) is 1.94. The molecular formula is C13H7N3O. The van der Waals surface area contributed by atoms with Crippen LogP contribution < -0.4 is 0 Å². The molecule has 2 aromatic rings. The van der Waals surface area contributed by atoms with E-state index in [0.717, 1.165) is 5.39 Å². The Morgan fingerprint density at radius 1 is 1.29 bits per heavy atom. The molecule has 1 aliphatic rings. The van der Waals surface area contributed by atoms with Crippen LogP contribution in [0.15, 0.2) is 35.5 Å². The van der Waals surface area contributed by atoms with Crippen molar-refractivity contribution in [3.05, 3.63) is 36.0 Å². The number of pyridine rings is 1. The zero-order valence-electron chi connectivity index (χ0n) is 8.79. The van der Waals surface area contributed by atoms with Crippen LogP contribution in [0, 0.1) is 17.2 Å². The maximum absolute atomic E-state index is 11.9. The zero-order chi connectivity index (χ0) is 11.8. The number of benzene rings is 1. The number of carbonyl (C=O) groups is 1. The Labute approximate surface area is 97.2 Å². The van der Waals surface area contributed by atoms with E-state index in [2.05, 4.69) is 9.98 Å². The van der Waals surface area contributed by atoms with E-state index < -0.39 is 5.92 Å². The third-order valence-electron chi connectivity index (χ3n) is 2.79. The van der Waals surface area contributed by atoms with Gasteiger partial charge in [-0.2, -0.15) is 5.26 Å². The molecule has 4 heteroatoms. The quantitative estimate of drug-likeness (QED) is 0.685. The summed E-state index contributed by atoms with van der Waals surface area (Å²) in [6.07, 6.45) is 3.05. The van der Waals surface area contributed by atoms with Crippen LogP contribution in [0.5, 0.6) is 0 Å². The number of ketones is 1. The molecular weight excluding hydrogens is 214 g/mol. The van der Waals surface area contributed by atoms with Crippen LogP contribution in [0.4, 0.5) is 5.69 Å². The molecule has 0 radical (unpaired) electrons. The minimum atomic E-state index is -0.774. The van der Waals surface area contributed by atoms with Gasteiger partial charge in [-0.3, -0.25) is 14.8 Å². The van der Waals surface area contributed by atoms with Gasteiger partial charge in [-0.1, -0.05) is 12.1 Å². The molecule has 1 aromatic heterocycles. The highest BCUT2D eigenvalue weighted by Crippen LogP contribution is 2.32. The minimum absolute atomic E-state index is 0.204. The second-order valence-corrected chi connectivity index (χ2v) is 3.79. The molecule has 0 saturated heterocycles. The zero-order valence-corrected chi connectivity index (χ0v) is 8.79. The maximum Gasteiger partial charge on any atom is 0.187 e. The fraction of sp³-hybridized carbons (Fsp3) is 0.0769. The fourth-order valence-electron chi connectivity index (χ4n) is 1.94. The molecule has 1 atom stereocenters. The number of rotatable bonds is 0. The van der Waals surface area contributed by atoms with Crippen molar-refractivity contribution >= 4 is 28.6 Å². The predicted octanol–water partition coefficient (Wildman–Crippen LogP) is 2.27. The lowest BCUT2D eigenvalue weighted by atomic mass is 9.94. The van der Waals surface area contributed by atoms with E-state index in [1.807, 2.05) is 24.3 Å². The van der Waals surface area contributed by atoms with Gasteiger partial charge in [0.15, 0.2) is 5.78 Å². The lowest BCUT2D eigenvalue weighted by Gasteiger charge is -2.13. The van der Waals surface area contributed by atoms with Gasteiger partial charge in [-0.25, -0.2) is 0 Å². The van der Waals surface area contributed by atoms with Gasteiger partial charge < -0.3 is 0 Å². The van der Waals surface area contributed by atoms with Crippen LogP contribution in [0.25, 0.3) is 10.9 Å². The molecule has 0 amide bonds. The van der Waals surface area contributed by atoms with Crippen molar-refractivity contribution in [2.45, 2.75) is 0 Å². The maximum atomic E-state index is 11.9. The van der Waals surface area contributed by atoms with Gasteiger partial charge in [-0.15, -0.1) is 0 Å². The number of fused-ring (bicyclic) bond motifs is 3. The highest BCUT2D eigenvalue weighted by Gasteiger charge is 2.25. The number of hydrogen-bond acceptors (Lipinski definition) is 4. The number of aliphatic imine (C=N–C) groups is 1. The van der Waals surface area contributed by atoms with Crippen molar-refractivity contribution in [1.29, 1.82) is 5.26 Å². The molecule has 0 bridgehead atoms. The average Bonchev–Trinajstić information content (AvgIpc) is 2.39. The normalized spacial score (nSPS) is 17.8. The van der Waals surface area contributed by atoms with E-state index in [-0.39, 0.29) is 5.78 Å². The first kappa shape index (κ1) is 9.67. The second-order valence-electron chi connectivity index (χ2n) is 3.79. The lowest BCUT2D eigenvalue weighted by Crippen LogP contribution is -2.17. The van der Waals surface area contributed by atoms with Crippen LogP contribution in [0.1, 0.15) is 10.4 Å². The Morgan fingerprint density at radius 2 is 2.18 bits per heavy atom. The van der Waals surface area contributed by atoms with E-state index in [1.165, 1.54) is 6.21 Å². The molecule has 1 aliphatic heterocycles. The van der Waals surface area contributed by atoms with Gasteiger partial charge >= 0.3 is 0 Å². The third-order valence-corrected chi connectivity index (χ3v) is 2.79. The molecule has 4 nitrogen and oxygen atoms in total. The molecule has 0 spiro atoms. The van der Waals surface area contributed by atoms with Gasteiger partial charge in [0.25, 0.3) is 0 Å². The predicted molar refractivity (Wildman–Crippen MR) is 63.3 cm³/mol. The molecule has 0 saturated carbocycles.